The molecule has 0 aliphatic carbocycles. The van der Waals surface area contributed by atoms with Crippen molar-refractivity contribution in [3.8, 4) is 0 Å². The molecule has 1 atom stereocenters. The van der Waals surface area contributed by atoms with Gasteiger partial charge in [-0.05, 0) is 31.5 Å². The molecule has 1 aromatic heterocycles. The van der Waals surface area contributed by atoms with Gasteiger partial charge in [0.15, 0.2) is 12.4 Å². The molecule has 2 amide bonds. The highest BCUT2D eigenvalue weighted by Gasteiger charge is 2.36. The van der Waals surface area contributed by atoms with Crippen LogP contribution in [0.3, 0.4) is 0 Å². The Morgan fingerprint density at radius 2 is 2.15 bits per heavy atom. The predicted octanol–water partition coefficient (Wildman–Crippen LogP) is 2.48. The van der Waals surface area contributed by atoms with Gasteiger partial charge in [0.05, 0.1) is 5.92 Å². The first kappa shape index (κ1) is 18.9. The molecule has 1 aliphatic heterocycles. The third kappa shape index (κ3) is 4.46. The number of carbonyl (C=O) groups is 3. The molecule has 27 heavy (non-hydrogen) atoms. The molecule has 1 fully saturated rings. The van der Waals surface area contributed by atoms with Crippen molar-refractivity contribution in [2.75, 3.05) is 23.4 Å². The van der Waals surface area contributed by atoms with Crippen LogP contribution in [-0.2, 0) is 19.1 Å². The Bertz CT molecular complexity index is 895. The second kappa shape index (κ2) is 7.79. The maximum absolute atomic E-state index is 12.2. The van der Waals surface area contributed by atoms with Gasteiger partial charge in [-0.15, -0.1) is 0 Å². The minimum Gasteiger partial charge on any atom is -0.455 e. The maximum atomic E-state index is 12.2. The number of aromatic nitrogens is 1. The van der Waals surface area contributed by atoms with Crippen molar-refractivity contribution < 1.29 is 23.6 Å². The van der Waals surface area contributed by atoms with Crippen LogP contribution in [0.25, 0.3) is 0 Å². The zero-order valence-corrected chi connectivity index (χ0v) is 15.6. The number of nitrogens with zero attached hydrogens (tertiary/aromatic N) is 2. The van der Waals surface area contributed by atoms with Crippen LogP contribution >= 0.6 is 11.6 Å². The summed E-state index contributed by atoms with van der Waals surface area (Å²) in [6.45, 7) is 3.27. The predicted molar refractivity (Wildman–Crippen MR) is 97.5 cm³/mol. The fourth-order valence-corrected chi connectivity index (χ4v) is 2.90. The number of hydrogen-bond donors (Lipinski definition) is 1. The van der Waals surface area contributed by atoms with Gasteiger partial charge in [-0.2, -0.15) is 0 Å². The van der Waals surface area contributed by atoms with Crippen molar-refractivity contribution in [1.29, 1.82) is 0 Å². The molecule has 1 aromatic carbocycles. The number of benzene rings is 1. The van der Waals surface area contributed by atoms with Gasteiger partial charge >= 0.3 is 5.97 Å². The number of aryl methyl sites for hydroxylation is 2. The normalized spacial score (nSPS) is 16.5. The molecular weight excluding hydrogens is 374 g/mol. The topological polar surface area (TPSA) is 102 Å². The lowest BCUT2D eigenvalue weighted by Crippen LogP contribution is -2.28. The van der Waals surface area contributed by atoms with Crippen LogP contribution in [0.2, 0.25) is 5.02 Å². The number of rotatable bonds is 5. The van der Waals surface area contributed by atoms with Crippen molar-refractivity contribution in [2.45, 2.75) is 20.3 Å². The molecule has 0 radical (unpaired) electrons. The van der Waals surface area contributed by atoms with Crippen LogP contribution in [0.4, 0.5) is 11.5 Å². The van der Waals surface area contributed by atoms with Gasteiger partial charge in [-0.3, -0.25) is 14.4 Å². The molecule has 8 nitrogen and oxygen atoms in total. The van der Waals surface area contributed by atoms with Crippen molar-refractivity contribution in [3.63, 3.8) is 0 Å². The minimum atomic E-state index is -0.639. The second-order valence-electron chi connectivity index (χ2n) is 6.32. The lowest BCUT2D eigenvalue weighted by molar-refractivity contribution is -0.151. The minimum absolute atomic E-state index is 0.0223. The first-order valence-corrected chi connectivity index (χ1v) is 8.67. The van der Waals surface area contributed by atoms with Crippen LogP contribution in [0.15, 0.2) is 28.8 Å². The highest BCUT2D eigenvalue weighted by molar-refractivity contribution is 6.31. The number of carbonyl (C=O) groups excluding carboxylic acids is 3. The molecule has 1 saturated heterocycles. The molecule has 9 heteroatoms. The molecule has 2 aromatic rings. The summed E-state index contributed by atoms with van der Waals surface area (Å²) in [7, 11) is 0. The number of ether oxygens (including phenoxy) is 1. The first-order chi connectivity index (χ1) is 12.8. The number of nitrogens with one attached hydrogen (secondary N) is 1. The number of esters is 1. The Morgan fingerprint density at radius 1 is 1.37 bits per heavy atom. The van der Waals surface area contributed by atoms with Crippen LogP contribution < -0.4 is 10.2 Å². The summed E-state index contributed by atoms with van der Waals surface area (Å²) in [5.74, 6) is -1.19. The van der Waals surface area contributed by atoms with E-state index in [2.05, 4.69) is 10.5 Å². The zero-order valence-electron chi connectivity index (χ0n) is 14.8. The largest absolute Gasteiger partial charge is 0.455 e. The number of hydrogen-bond acceptors (Lipinski definition) is 6. The average molecular weight is 392 g/mol. The van der Waals surface area contributed by atoms with E-state index in [9.17, 15) is 14.4 Å². The molecule has 0 spiro atoms. The van der Waals surface area contributed by atoms with Gasteiger partial charge < -0.3 is 19.5 Å². The summed E-state index contributed by atoms with van der Waals surface area (Å²) in [6.07, 6.45) is 0.0223. The van der Waals surface area contributed by atoms with Crippen molar-refractivity contribution >= 4 is 40.9 Å². The maximum Gasteiger partial charge on any atom is 0.311 e. The van der Waals surface area contributed by atoms with Gasteiger partial charge in [0.2, 0.25) is 5.91 Å². The molecule has 0 unspecified atom stereocenters. The first-order valence-electron chi connectivity index (χ1n) is 8.30. The van der Waals surface area contributed by atoms with Crippen molar-refractivity contribution in [2.24, 2.45) is 5.92 Å². The molecule has 3 rings (SSSR count). The smallest absolute Gasteiger partial charge is 0.311 e. The van der Waals surface area contributed by atoms with Crippen LogP contribution in [0, 0.1) is 19.8 Å². The Balaban J connectivity index is 1.54. The van der Waals surface area contributed by atoms with Crippen LogP contribution in [0.5, 0.6) is 0 Å². The summed E-state index contributed by atoms with van der Waals surface area (Å²) < 4.78 is 9.86. The van der Waals surface area contributed by atoms with E-state index in [4.69, 9.17) is 20.9 Å². The molecule has 1 N–H and O–H groups in total. The second-order valence-corrected chi connectivity index (χ2v) is 6.72. The van der Waals surface area contributed by atoms with E-state index in [1.165, 1.54) is 4.90 Å². The van der Waals surface area contributed by atoms with Crippen molar-refractivity contribution in [3.05, 3.63) is 40.6 Å². The average Bonchev–Trinajstić information content (AvgIpc) is 3.21. The van der Waals surface area contributed by atoms with Crippen LogP contribution in [0.1, 0.15) is 17.7 Å². The summed E-state index contributed by atoms with van der Waals surface area (Å²) in [5, 5.41) is 6.62. The third-order valence-electron chi connectivity index (χ3n) is 4.17. The quantitative estimate of drug-likeness (QED) is 0.785. The molecule has 0 saturated carbocycles. The fraction of sp³-hybridized carbons (Fsp3) is 0.333. The standard InChI is InChI=1S/C18H18ClN3O5/c1-10-3-4-13(7-14(10)19)22-8-12(6-17(22)24)18(25)26-9-16(23)20-15-5-11(2)27-21-15/h3-5,7,12H,6,8-9H2,1-2H3,(H,20,21,23)/t12-/m1/s1. The zero-order chi connectivity index (χ0) is 19.6. The van der Waals surface area contributed by atoms with Crippen LogP contribution in [-0.4, -0.2) is 36.1 Å². The molecule has 1 aliphatic rings. The van der Waals surface area contributed by atoms with E-state index in [-0.39, 0.29) is 24.7 Å². The molecule has 142 valence electrons. The SMILES string of the molecule is Cc1cc(NC(=O)COC(=O)[C@@H]2CC(=O)N(c3ccc(C)c(Cl)c3)C2)no1. The number of anilines is 2. The monoisotopic (exact) mass is 391 g/mol. The lowest BCUT2D eigenvalue weighted by Gasteiger charge is -2.17. The summed E-state index contributed by atoms with van der Waals surface area (Å²) in [6, 6.07) is 6.82. The van der Waals surface area contributed by atoms with Gasteiger partial charge in [0.1, 0.15) is 5.76 Å². The third-order valence-corrected chi connectivity index (χ3v) is 4.57. The van der Waals surface area contributed by atoms with E-state index >= 15 is 0 Å². The highest BCUT2D eigenvalue weighted by atomic mass is 35.5. The lowest BCUT2D eigenvalue weighted by atomic mass is 10.1. The molecular formula is C18H18ClN3O5. The Kier molecular flexibility index (Phi) is 5.46. The molecule has 0 bridgehead atoms. The Morgan fingerprint density at radius 3 is 2.81 bits per heavy atom. The summed E-state index contributed by atoms with van der Waals surface area (Å²) in [5.41, 5.74) is 1.53. The van der Waals surface area contributed by atoms with Gasteiger partial charge in [0.25, 0.3) is 5.91 Å². The molecule has 2 heterocycles. The van der Waals surface area contributed by atoms with E-state index in [1.807, 2.05) is 13.0 Å². The summed E-state index contributed by atoms with van der Waals surface area (Å²) >= 11 is 6.11. The fourth-order valence-electron chi connectivity index (χ4n) is 2.72. The van der Waals surface area contributed by atoms with Gasteiger partial charge in [-0.1, -0.05) is 22.8 Å². The van der Waals surface area contributed by atoms with Crippen molar-refractivity contribution in [1.82, 2.24) is 5.16 Å². The number of amides is 2. The summed E-state index contributed by atoms with van der Waals surface area (Å²) in [4.78, 5) is 37.7. The Hall–Kier alpha value is -2.87. The van der Waals surface area contributed by atoms with E-state index in [0.29, 0.717) is 16.5 Å². The van der Waals surface area contributed by atoms with E-state index < -0.39 is 24.4 Å². The van der Waals surface area contributed by atoms with Gasteiger partial charge in [0, 0.05) is 29.7 Å². The number of halogens is 1. The highest BCUT2D eigenvalue weighted by Crippen LogP contribution is 2.29. The van der Waals surface area contributed by atoms with Gasteiger partial charge in [-0.25, -0.2) is 0 Å². The van der Waals surface area contributed by atoms with E-state index in [0.717, 1.165) is 5.56 Å². The van der Waals surface area contributed by atoms with E-state index in [1.54, 1.807) is 25.1 Å². The Labute approximate surface area is 160 Å².